The second kappa shape index (κ2) is 6.52. The molecule has 1 saturated heterocycles. The summed E-state index contributed by atoms with van der Waals surface area (Å²) in [7, 11) is 1.60. The summed E-state index contributed by atoms with van der Waals surface area (Å²) in [6.07, 6.45) is 0.736. The van der Waals surface area contributed by atoms with E-state index in [1.165, 1.54) is 0 Å². The van der Waals surface area contributed by atoms with Crippen molar-refractivity contribution in [2.24, 2.45) is 0 Å². The van der Waals surface area contributed by atoms with Gasteiger partial charge in [-0.05, 0) is 30.7 Å². The zero-order valence-electron chi connectivity index (χ0n) is 13.6. The highest BCUT2D eigenvalue weighted by Crippen LogP contribution is 2.24. The van der Waals surface area contributed by atoms with Crippen LogP contribution in [-0.4, -0.2) is 59.3 Å². The molecule has 1 aromatic heterocycles. The number of ether oxygens (including phenoxy) is 2. The highest BCUT2D eigenvalue weighted by Gasteiger charge is 2.32. The summed E-state index contributed by atoms with van der Waals surface area (Å²) in [6, 6.07) is 5.64. The number of aromatic amines is 1. The lowest BCUT2D eigenvalue weighted by Gasteiger charge is -2.35. The minimum Gasteiger partial charge on any atom is -0.497 e. The van der Waals surface area contributed by atoms with E-state index in [0.717, 1.165) is 22.2 Å². The Balaban J connectivity index is 1.78. The monoisotopic (exact) mass is 332 g/mol. The first-order chi connectivity index (χ1) is 11.5. The molecule has 1 aliphatic rings. The standard InChI is InChI=1S/C17H20N2O5/c1-10-8-19(9-15(24-10)17(21)22)16(20)5-11-7-18-14-4-3-12(23-2)6-13(11)14/h3-4,6-7,10,15,18H,5,8-9H2,1-2H3,(H,21,22)/t10-,15?/m1/s1. The van der Waals surface area contributed by atoms with E-state index >= 15 is 0 Å². The lowest BCUT2D eigenvalue weighted by Crippen LogP contribution is -2.52. The van der Waals surface area contributed by atoms with Crippen LogP contribution in [0.3, 0.4) is 0 Å². The number of fused-ring (bicyclic) bond motifs is 1. The first-order valence-electron chi connectivity index (χ1n) is 7.78. The quantitative estimate of drug-likeness (QED) is 0.883. The second-order valence-corrected chi connectivity index (χ2v) is 5.97. The fraction of sp³-hybridized carbons (Fsp3) is 0.412. The van der Waals surface area contributed by atoms with E-state index in [0.29, 0.717) is 6.54 Å². The van der Waals surface area contributed by atoms with Crippen LogP contribution in [0.15, 0.2) is 24.4 Å². The number of nitrogens with one attached hydrogen (secondary N) is 1. The van der Waals surface area contributed by atoms with Crippen molar-refractivity contribution in [3.63, 3.8) is 0 Å². The number of hydrogen-bond acceptors (Lipinski definition) is 4. The number of carboxylic acid groups (broad SMARTS) is 1. The molecule has 2 atom stereocenters. The van der Waals surface area contributed by atoms with Crippen molar-refractivity contribution in [2.45, 2.75) is 25.6 Å². The van der Waals surface area contributed by atoms with Crippen molar-refractivity contribution in [3.8, 4) is 5.75 Å². The molecule has 0 bridgehead atoms. The maximum Gasteiger partial charge on any atom is 0.334 e. The van der Waals surface area contributed by atoms with Crippen LogP contribution in [0, 0.1) is 0 Å². The van der Waals surface area contributed by atoms with E-state index in [-0.39, 0.29) is 25.0 Å². The van der Waals surface area contributed by atoms with Crippen molar-refractivity contribution in [1.29, 1.82) is 0 Å². The second-order valence-electron chi connectivity index (χ2n) is 5.97. The molecule has 2 N–H and O–H groups in total. The number of carbonyl (C=O) groups excluding carboxylic acids is 1. The maximum atomic E-state index is 12.6. The molecule has 0 saturated carbocycles. The number of hydrogen-bond donors (Lipinski definition) is 2. The fourth-order valence-corrected chi connectivity index (χ4v) is 3.00. The van der Waals surface area contributed by atoms with E-state index < -0.39 is 12.1 Å². The summed E-state index contributed by atoms with van der Waals surface area (Å²) in [6.45, 7) is 2.24. The molecule has 1 aromatic carbocycles. The largest absolute Gasteiger partial charge is 0.497 e. The zero-order chi connectivity index (χ0) is 17.3. The van der Waals surface area contributed by atoms with Crippen LogP contribution in [0.25, 0.3) is 10.9 Å². The molecule has 3 rings (SSSR count). The van der Waals surface area contributed by atoms with Gasteiger partial charge in [-0.15, -0.1) is 0 Å². The van der Waals surface area contributed by atoms with Gasteiger partial charge in [0.05, 0.1) is 26.2 Å². The van der Waals surface area contributed by atoms with E-state index in [1.54, 1.807) is 25.1 Å². The number of methoxy groups -OCH3 is 1. The van der Waals surface area contributed by atoms with E-state index in [1.807, 2.05) is 18.2 Å². The van der Waals surface area contributed by atoms with Gasteiger partial charge in [0.1, 0.15) is 5.75 Å². The molecular weight excluding hydrogens is 312 g/mol. The van der Waals surface area contributed by atoms with Gasteiger partial charge in [-0.3, -0.25) is 4.79 Å². The molecule has 24 heavy (non-hydrogen) atoms. The van der Waals surface area contributed by atoms with Gasteiger partial charge in [-0.25, -0.2) is 4.79 Å². The summed E-state index contributed by atoms with van der Waals surface area (Å²) in [5.74, 6) is -0.432. The molecular formula is C17H20N2O5. The number of rotatable bonds is 4. The van der Waals surface area contributed by atoms with Crippen molar-refractivity contribution in [3.05, 3.63) is 30.0 Å². The van der Waals surface area contributed by atoms with Crippen molar-refractivity contribution < 1.29 is 24.2 Å². The van der Waals surface area contributed by atoms with Crippen molar-refractivity contribution in [1.82, 2.24) is 9.88 Å². The Morgan fingerprint density at radius 3 is 2.92 bits per heavy atom. The number of H-pyrrole nitrogens is 1. The van der Waals surface area contributed by atoms with E-state index in [2.05, 4.69) is 4.98 Å². The maximum absolute atomic E-state index is 12.6. The Hall–Kier alpha value is -2.54. The Morgan fingerprint density at radius 1 is 1.42 bits per heavy atom. The molecule has 2 heterocycles. The number of aliphatic carboxylic acids is 1. The molecule has 7 heteroatoms. The molecule has 0 aliphatic carbocycles. The van der Waals surface area contributed by atoms with Crippen LogP contribution >= 0.6 is 0 Å². The van der Waals surface area contributed by atoms with Crippen molar-refractivity contribution in [2.75, 3.05) is 20.2 Å². The summed E-state index contributed by atoms with van der Waals surface area (Å²) < 4.78 is 10.6. The summed E-state index contributed by atoms with van der Waals surface area (Å²) in [4.78, 5) is 28.5. The SMILES string of the molecule is COc1ccc2[nH]cc(CC(=O)N3CC(C(=O)O)O[C@H](C)C3)c2c1. The molecule has 1 amide bonds. The van der Waals surface area contributed by atoms with Crippen LogP contribution < -0.4 is 4.74 Å². The van der Waals surface area contributed by atoms with Crippen LogP contribution in [0.5, 0.6) is 5.75 Å². The highest BCUT2D eigenvalue weighted by molar-refractivity contribution is 5.90. The van der Waals surface area contributed by atoms with Gasteiger partial charge in [0.15, 0.2) is 6.10 Å². The van der Waals surface area contributed by atoms with Gasteiger partial charge in [-0.1, -0.05) is 0 Å². The van der Waals surface area contributed by atoms with Crippen LogP contribution in [-0.2, 0) is 20.7 Å². The molecule has 2 aromatic rings. The van der Waals surface area contributed by atoms with Gasteiger partial charge in [0, 0.05) is 23.6 Å². The molecule has 1 fully saturated rings. The predicted octanol–water partition coefficient (Wildman–Crippen LogP) is 1.42. The number of carbonyl (C=O) groups is 2. The third-order valence-electron chi connectivity index (χ3n) is 4.20. The minimum atomic E-state index is -1.05. The lowest BCUT2D eigenvalue weighted by molar-refractivity contribution is -0.166. The van der Waals surface area contributed by atoms with Crippen LogP contribution in [0.1, 0.15) is 12.5 Å². The average molecular weight is 332 g/mol. The fourth-order valence-electron chi connectivity index (χ4n) is 3.00. The number of benzene rings is 1. The molecule has 1 unspecified atom stereocenters. The Morgan fingerprint density at radius 2 is 2.21 bits per heavy atom. The van der Waals surface area contributed by atoms with E-state index in [9.17, 15) is 9.59 Å². The number of aromatic nitrogens is 1. The molecule has 0 spiro atoms. The summed E-state index contributed by atoms with van der Waals surface area (Å²) in [5, 5.41) is 10.1. The molecule has 7 nitrogen and oxygen atoms in total. The third-order valence-corrected chi connectivity index (χ3v) is 4.20. The normalized spacial score (nSPS) is 21.0. The minimum absolute atomic E-state index is 0.0736. The Bertz CT molecular complexity index is 769. The van der Waals surface area contributed by atoms with Gasteiger partial charge in [0.2, 0.25) is 5.91 Å². The number of nitrogens with zero attached hydrogens (tertiary/aromatic N) is 1. The first kappa shape index (κ1) is 16.3. The Kier molecular flexibility index (Phi) is 4.44. The smallest absolute Gasteiger partial charge is 0.334 e. The van der Waals surface area contributed by atoms with Gasteiger partial charge >= 0.3 is 5.97 Å². The number of morpholine rings is 1. The topological polar surface area (TPSA) is 91.9 Å². The Labute approximate surface area is 139 Å². The number of amides is 1. The molecule has 0 radical (unpaired) electrons. The van der Waals surface area contributed by atoms with Crippen LogP contribution in [0.4, 0.5) is 0 Å². The zero-order valence-corrected chi connectivity index (χ0v) is 13.6. The number of carboxylic acids is 1. The van der Waals surface area contributed by atoms with Gasteiger partial charge < -0.3 is 24.5 Å². The average Bonchev–Trinajstić information content (AvgIpc) is 2.96. The molecule has 128 valence electrons. The lowest BCUT2D eigenvalue weighted by atomic mass is 10.1. The summed E-state index contributed by atoms with van der Waals surface area (Å²) >= 11 is 0. The molecule has 1 aliphatic heterocycles. The third kappa shape index (κ3) is 3.21. The van der Waals surface area contributed by atoms with E-state index in [4.69, 9.17) is 14.6 Å². The first-order valence-corrected chi connectivity index (χ1v) is 7.78. The summed E-state index contributed by atoms with van der Waals surface area (Å²) in [5.41, 5.74) is 1.79. The van der Waals surface area contributed by atoms with Crippen molar-refractivity contribution >= 4 is 22.8 Å². The van der Waals surface area contributed by atoms with Gasteiger partial charge in [0.25, 0.3) is 0 Å². The van der Waals surface area contributed by atoms with Gasteiger partial charge in [-0.2, -0.15) is 0 Å². The highest BCUT2D eigenvalue weighted by atomic mass is 16.5. The predicted molar refractivity (Wildman–Crippen MR) is 87.1 cm³/mol. The van der Waals surface area contributed by atoms with Crippen LogP contribution in [0.2, 0.25) is 0 Å².